The molecule has 0 radical (unpaired) electrons. The van der Waals surface area contributed by atoms with Crippen LogP contribution in [0.5, 0.6) is 0 Å². The van der Waals surface area contributed by atoms with Gasteiger partial charge in [-0.2, -0.15) is 5.26 Å². The van der Waals surface area contributed by atoms with Crippen molar-refractivity contribution >= 4 is 45.0 Å². The van der Waals surface area contributed by atoms with E-state index in [2.05, 4.69) is 4.72 Å². The average molecular weight is 381 g/mol. The van der Waals surface area contributed by atoms with Crippen LogP contribution in [0.3, 0.4) is 0 Å². The number of aryl methyl sites for hydroxylation is 2. The highest BCUT2D eigenvalue weighted by atomic mass is 35.5. The van der Waals surface area contributed by atoms with Gasteiger partial charge in [0.2, 0.25) is 0 Å². The Morgan fingerprint density at radius 1 is 1.12 bits per heavy atom. The number of nitrogens with zero attached hydrogens (tertiary/aromatic N) is 1. The Bertz CT molecular complexity index is 961. The third kappa shape index (κ3) is 4.30. The molecule has 1 N–H and O–H groups in total. The Balaban J connectivity index is 2.39. The van der Waals surface area contributed by atoms with Crippen LogP contribution in [0.1, 0.15) is 16.7 Å². The number of anilines is 1. The molecule has 0 heterocycles. The maximum atomic E-state index is 12.5. The predicted octanol–water partition coefficient (Wildman–Crippen LogP) is 4.92. The second-order valence-corrected chi connectivity index (χ2v) is 7.68. The van der Waals surface area contributed by atoms with E-state index in [0.29, 0.717) is 16.3 Å². The number of nitriles is 1. The Morgan fingerprint density at radius 3 is 2.42 bits per heavy atom. The van der Waals surface area contributed by atoms with Crippen molar-refractivity contribution in [2.75, 3.05) is 4.72 Å². The summed E-state index contributed by atoms with van der Waals surface area (Å²) >= 11 is 11.7. The van der Waals surface area contributed by atoms with E-state index in [9.17, 15) is 13.7 Å². The molecule has 124 valence electrons. The smallest absolute Gasteiger partial charge is 0.272 e. The molecule has 0 unspecified atom stereocenters. The minimum Gasteiger partial charge on any atom is -0.279 e. The molecule has 2 aromatic rings. The quantitative estimate of drug-likeness (QED) is 0.765. The summed E-state index contributed by atoms with van der Waals surface area (Å²) in [7, 11) is -4.01. The summed E-state index contributed by atoms with van der Waals surface area (Å²) in [4.78, 5) is -0.416. The van der Waals surface area contributed by atoms with Crippen LogP contribution in [-0.2, 0) is 10.0 Å². The molecule has 0 spiro atoms. The fourth-order valence-corrected chi connectivity index (χ4v) is 3.40. The highest BCUT2D eigenvalue weighted by Crippen LogP contribution is 2.25. The Kier molecular flexibility index (Phi) is 5.55. The standard InChI is InChI=1S/C17H14Cl2N2O2S/c1-11-3-6-17(12(2)7-11)21-24(22,23)14(10-20)8-13-4-5-15(18)16(19)9-13/h3-9,21H,1-2H3. The van der Waals surface area contributed by atoms with Crippen molar-refractivity contribution in [1.29, 1.82) is 5.26 Å². The van der Waals surface area contributed by atoms with Gasteiger partial charge in [0, 0.05) is 0 Å². The van der Waals surface area contributed by atoms with Crippen molar-refractivity contribution in [2.45, 2.75) is 13.8 Å². The first-order valence-electron chi connectivity index (χ1n) is 6.90. The summed E-state index contributed by atoms with van der Waals surface area (Å²) in [6.45, 7) is 3.70. The van der Waals surface area contributed by atoms with E-state index in [1.165, 1.54) is 18.2 Å². The molecule has 0 bridgehead atoms. The maximum Gasteiger partial charge on any atom is 0.272 e. The molecule has 0 atom stereocenters. The second kappa shape index (κ2) is 7.27. The van der Waals surface area contributed by atoms with Crippen LogP contribution in [0.25, 0.3) is 6.08 Å². The molecule has 2 aromatic carbocycles. The number of nitrogens with one attached hydrogen (secondary N) is 1. The molecule has 0 aliphatic heterocycles. The van der Waals surface area contributed by atoms with Crippen molar-refractivity contribution in [2.24, 2.45) is 0 Å². The van der Waals surface area contributed by atoms with E-state index in [-0.39, 0.29) is 5.02 Å². The van der Waals surface area contributed by atoms with Gasteiger partial charge in [0.05, 0.1) is 15.7 Å². The zero-order valence-electron chi connectivity index (χ0n) is 13.0. The molecule has 2 rings (SSSR count). The lowest BCUT2D eigenvalue weighted by molar-refractivity contribution is 0.608. The van der Waals surface area contributed by atoms with Crippen molar-refractivity contribution in [3.05, 3.63) is 68.0 Å². The molecule has 0 fully saturated rings. The lowest BCUT2D eigenvalue weighted by Crippen LogP contribution is -2.15. The molecule has 0 aliphatic carbocycles. The predicted molar refractivity (Wildman–Crippen MR) is 98.5 cm³/mol. The number of rotatable bonds is 4. The highest BCUT2D eigenvalue weighted by molar-refractivity contribution is 7.97. The topological polar surface area (TPSA) is 70.0 Å². The zero-order chi connectivity index (χ0) is 17.9. The second-order valence-electron chi connectivity index (χ2n) is 5.22. The summed E-state index contributed by atoms with van der Waals surface area (Å²) in [5, 5.41) is 9.87. The van der Waals surface area contributed by atoms with Crippen LogP contribution in [0, 0.1) is 25.2 Å². The first-order chi connectivity index (χ1) is 11.2. The fraction of sp³-hybridized carbons (Fsp3) is 0.118. The van der Waals surface area contributed by atoms with Gasteiger partial charge in [0.25, 0.3) is 10.0 Å². The molecule has 0 saturated carbocycles. The van der Waals surface area contributed by atoms with Gasteiger partial charge in [-0.15, -0.1) is 0 Å². The van der Waals surface area contributed by atoms with Gasteiger partial charge >= 0.3 is 0 Å². The molecule has 0 amide bonds. The molecule has 4 nitrogen and oxygen atoms in total. The van der Waals surface area contributed by atoms with Crippen molar-refractivity contribution < 1.29 is 8.42 Å². The number of hydrogen-bond donors (Lipinski definition) is 1. The SMILES string of the molecule is Cc1ccc(NS(=O)(=O)C(C#N)=Cc2ccc(Cl)c(Cl)c2)c(C)c1. The summed E-state index contributed by atoms with van der Waals surface area (Å²) < 4.78 is 27.4. The lowest BCUT2D eigenvalue weighted by atomic mass is 10.1. The van der Waals surface area contributed by atoms with Gasteiger partial charge in [-0.05, 0) is 49.2 Å². The van der Waals surface area contributed by atoms with Gasteiger partial charge in [-0.25, -0.2) is 8.42 Å². The monoisotopic (exact) mass is 380 g/mol. The van der Waals surface area contributed by atoms with Crippen LogP contribution < -0.4 is 4.72 Å². The van der Waals surface area contributed by atoms with Gasteiger partial charge in [-0.1, -0.05) is 47.0 Å². The number of hydrogen-bond acceptors (Lipinski definition) is 3. The van der Waals surface area contributed by atoms with Gasteiger partial charge < -0.3 is 0 Å². The fourth-order valence-electron chi connectivity index (χ4n) is 2.05. The van der Waals surface area contributed by atoms with Crippen LogP contribution >= 0.6 is 23.2 Å². The molecule has 0 aromatic heterocycles. The molecule has 0 saturated heterocycles. The first kappa shape index (κ1) is 18.3. The van der Waals surface area contributed by atoms with E-state index in [1.54, 1.807) is 31.2 Å². The minimum absolute atomic E-state index is 0.280. The summed E-state index contributed by atoms with van der Waals surface area (Å²) in [6, 6.07) is 11.6. The zero-order valence-corrected chi connectivity index (χ0v) is 15.3. The van der Waals surface area contributed by atoms with Crippen molar-refractivity contribution in [3.63, 3.8) is 0 Å². The normalized spacial score (nSPS) is 11.9. The van der Waals surface area contributed by atoms with Crippen LogP contribution in [-0.4, -0.2) is 8.42 Å². The largest absolute Gasteiger partial charge is 0.279 e. The van der Waals surface area contributed by atoms with Crippen LogP contribution in [0.2, 0.25) is 10.0 Å². The minimum atomic E-state index is -4.01. The Morgan fingerprint density at radius 2 is 1.83 bits per heavy atom. The lowest BCUT2D eigenvalue weighted by Gasteiger charge is -2.10. The van der Waals surface area contributed by atoms with E-state index in [1.807, 2.05) is 13.0 Å². The molecule has 7 heteroatoms. The van der Waals surface area contributed by atoms with E-state index in [4.69, 9.17) is 23.2 Å². The first-order valence-corrected chi connectivity index (χ1v) is 9.14. The number of sulfonamides is 1. The Hall–Kier alpha value is -2.00. The number of halogens is 2. The number of benzene rings is 2. The van der Waals surface area contributed by atoms with Gasteiger partial charge in [0.1, 0.15) is 6.07 Å². The van der Waals surface area contributed by atoms with Crippen LogP contribution in [0.4, 0.5) is 5.69 Å². The van der Waals surface area contributed by atoms with E-state index < -0.39 is 14.9 Å². The molecular weight excluding hydrogens is 367 g/mol. The summed E-state index contributed by atoms with van der Waals surface area (Å²) in [5.74, 6) is 0. The van der Waals surface area contributed by atoms with E-state index >= 15 is 0 Å². The number of allylic oxidation sites excluding steroid dienone is 1. The molecule has 24 heavy (non-hydrogen) atoms. The third-order valence-electron chi connectivity index (χ3n) is 3.27. The van der Waals surface area contributed by atoms with Crippen molar-refractivity contribution in [1.82, 2.24) is 0 Å². The van der Waals surface area contributed by atoms with Gasteiger partial charge in [-0.3, -0.25) is 4.72 Å². The average Bonchev–Trinajstić information content (AvgIpc) is 2.51. The highest BCUT2D eigenvalue weighted by Gasteiger charge is 2.18. The summed E-state index contributed by atoms with van der Waals surface area (Å²) in [6.07, 6.45) is 1.24. The van der Waals surface area contributed by atoms with E-state index in [0.717, 1.165) is 11.1 Å². The summed E-state index contributed by atoms with van der Waals surface area (Å²) in [5.41, 5.74) is 2.68. The molecular formula is C17H14Cl2N2O2S. The van der Waals surface area contributed by atoms with Crippen molar-refractivity contribution in [3.8, 4) is 6.07 Å². The van der Waals surface area contributed by atoms with Crippen LogP contribution in [0.15, 0.2) is 41.3 Å². The maximum absolute atomic E-state index is 12.5. The van der Waals surface area contributed by atoms with Gasteiger partial charge in [0.15, 0.2) is 4.91 Å². The molecule has 0 aliphatic rings. The third-order valence-corrected chi connectivity index (χ3v) is 5.28. The Labute approximate surface area is 151 Å².